The van der Waals surface area contributed by atoms with E-state index in [0.717, 1.165) is 25.9 Å². The van der Waals surface area contributed by atoms with Gasteiger partial charge in [0, 0.05) is 49.4 Å². The molecule has 0 saturated carbocycles. The van der Waals surface area contributed by atoms with Crippen molar-refractivity contribution in [1.82, 2.24) is 24.9 Å². The zero-order chi connectivity index (χ0) is 29.0. The number of allylic oxidation sites excluding steroid dienone is 1. The van der Waals surface area contributed by atoms with Gasteiger partial charge in [-0.05, 0) is 58.1 Å². The first kappa shape index (κ1) is 29.5. The summed E-state index contributed by atoms with van der Waals surface area (Å²) in [6.45, 7) is 1.95. The second kappa shape index (κ2) is 12.3. The largest absolute Gasteiger partial charge is 0.434 e. The molecule has 2 saturated heterocycles. The maximum absolute atomic E-state index is 13.2. The number of carbonyl (C=O) groups excluding carboxylic acids is 2. The maximum atomic E-state index is 13.2. The Kier molecular flexibility index (Phi) is 9.09. The molecule has 1 spiro atoms. The predicted octanol–water partition coefficient (Wildman–Crippen LogP) is 3.49. The van der Waals surface area contributed by atoms with Crippen LogP contribution in [0.25, 0.3) is 11.3 Å². The van der Waals surface area contributed by atoms with E-state index in [1.165, 1.54) is 29.1 Å². The highest BCUT2D eigenvalue weighted by Gasteiger charge is 2.46. The molecule has 2 aliphatic rings. The summed E-state index contributed by atoms with van der Waals surface area (Å²) in [6.07, 6.45) is 5.20. The number of piperidine rings is 1. The molecule has 4 rings (SSSR count). The Hall–Kier alpha value is -3.51. The van der Waals surface area contributed by atoms with Crippen LogP contribution in [0.15, 0.2) is 41.0 Å². The van der Waals surface area contributed by atoms with E-state index >= 15 is 0 Å². The summed E-state index contributed by atoms with van der Waals surface area (Å²) in [7, 11) is 5.29. The van der Waals surface area contributed by atoms with Crippen LogP contribution >= 0.6 is 11.6 Å². The van der Waals surface area contributed by atoms with Crippen LogP contribution in [0.4, 0.5) is 14.5 Å². The molecule has 1 aromatic heterocycles. The summed E-state index contributed by atoms with van der Waals surface area (Å²) in [5.41, 5.74) is 0.903. The number of carbonyl (C=O) groups is 2. The van der Waals surface area contributed by atoms with Crippen molar-refractivity contribution < 1.29 is 23.1 Å². The van der Waals surface area contributed by atoms with Gasteiger partial charge in [-0.25, -0.2) is 0 Å². The number of benzene rings is 1. The minimum Gasteiger partial charge on any atom is -0.434 e. The van der Waals surface area contributed by atoms with Crippen LogP contribution in [0.3, 0.4) is 0 Å². The van der Waals surface area contributed by atoms with Crippen molar-refractivity contribution in [2.24, 2.45) is 10.4 Å². The van der Waals surface area contributed by atoms with Gasteiger partial charge in [-0.1, -0.05) is 17.7 Å². The summed E-state index contributed by atoms with van der Waals surface area (Å²) in [5.74, 6) is -0.434. The second-order valence-electron chi connectivity index (χ2n) is 10.1. The fraction of sp³-hybridized carbons (Fsp3) is 0.481. The van der Waals surface area contributed by atoms with Gasteiger partial charge in [-0.3, -0.25) is 19.3 Å². The number of halogens is 3. The van der Waals surface area contributed by atoms with Crippen LogP contribution in [-0.2, 0) is 16.1 Å². The minimum atomic E-state index is -3.09. The number of aromatic nitrogens is 2. The van der Waals surface area contributed by atoms with Crippen LogP contribution < -0.4 is 15.4 Å². The van der Waals surface area contributed by atoms with Crippen molar-refractivity contribution in [2.45, 2.75) is 32.9 Å². The fourth-order valence-electron chi connectivity index (χ4n) is 5.20. The van der Waals surface area contributed by atoms with Crippen molar-refractivity contribution in [3.63, 3.8) is 0 Å². The van der Waals surface area contributed by atoms with Crippen molar-refractivity contribution in [1.29, 1.82) is 0 Å². The third-order valence-corrected chi connectivity index (χ3v) is 7.66. The molecule has 13 heteroatoms. The van der Waals surface area contributed by atoms with Gasteiger partial charge < -0.3 is 25.2 Å². The first-order valence-corrected chi connectivity index (χ1v) is 13.4. The zero-order valence-electron chi connectivity index (χ0n) is 23.0. The number of likely N-dealkylation sites (N-methyl/N-ethyl adjacent to an activating group) is 1. The number of ether oxygens (including phenoxy) is 1. The Labute approximate surface area is 237 Å². The Bertz CT molecular complexity index is 1310. The second-order valence-corrected chi connectivity index (χ2v) is 10.6. The number of nitrogens with zero attached hydrogens (tertiary/aromatic N) is 5. The summed E-state index contributed by atoms with van der Waals surface area (Å²) in [4.78, 5) is 34.5. The number of aliphatic imine (C=N–C) groups is 1. The standard InChI is InChI=1S/C27H34ClF2N7O3/c1-5-18(24(31-2)32-3)25(39)33-20-13-37(14-22(38)36-15-27(16-36)8-10-35(4)11-9-27)34-23(20)19-12-17(28)6-7-21(19)40-26(29)30/h5-7,12-13,26H,8-11,14-16H2,1-4H3,(H,31,32)(H,33,39)/b18-5+. The number of rotatable bonds is 8. The molecular weight excluding hydrogens is 544 g/mol. The number of likely N-dealkylation sites (tertiary alicyclic amines) is 2. The Morgan fingerprint density at radius 3 is 2.58 bits per heavy atom. The Balaban J connectivity index is 1.62. The van der Waals surface area contributed by atoms with Gasteiger partial charge in [0.25, 0.3) is 5.91 Å². The lowest BCUT2D eigenvalue weighted by Crippen LogP contribution is -2.62. The molecule has 0 atom stereocenters. The van der Waals surface area contributed by atoms with E-state index in [1.807, 2.05) is 4.90 Å². The van der Waals surface area contributed by atoms with Gasteiger partial charge in [0.1, 0.15) is 23.8 Å². The average Bonchev–Trinajstić information content (AvgIpc) is 3.28. The van der Waals surface area contributed by atoms with E-state index in [-0.39, 0.29) is 51.2 Å². The number of amidine groups is 1. The molecule has 2 N–H and O–H groups in total. The summed E-state index contributed by atoms with van der Waals surface area (Å²) in [6, 6.07) is 4.14. The van der Waals surface area contributed by atoms with Gasteiger partial charge in [-0.2, -0.15) is 13.9 Å². The molecule has 1 aromatic carbocycles. The number of hydrogen-bond donors (Lipinski definition) is 2. The molecule has 0 bridgehead atoms. The topological polar surface area (TPSA) is 104 Å². The van der Waals surface area contributed by atoms with Gasteiger partial charge >= 0.3 is 6.61 Å². The molecule has 2 amide bonds. The molecule has 3 heterocycles. The van der Waals surface area contributed by atoms with E-state index in [1.54, 1.807) is 27.1 Å². The smallest absolute Gasteiger partial charge is 0.387 e. The predicted molar refractivity (Wildman–Crippen MR) is 150 cm³/mol. The molecule has 40 heavy (non-hydrogen) atoms. The summed E-state index contributed by atoms with van der Waals surface area (Å²) < 4.78 is 32.5. The van der Waals surface area contributed by atoms with Gasteiger partial charge in [0.15, 0.2) is 0 Å². The lowest BCUT2D eigenvalue weighted by Gasteiger charge is -2.53. The fourth-order valence-corrected chi connectivity index (χ4v) is 5.37. The van der Waals surface area contributed by atoms with Gasteiger partial charge in [0.05, 0.1) is 11.3 Å². The summed E-state index contributed by atoms with van der Waals surface area (Å²) in [5, 5.41) is 10.4. The molecule has 0 radical (unpaired) electrons. The number of alkyl halides is 2. The van der Waals surface area contributed by atoms with Crippen LogP contribution in [0.2, 0.25) is 5.02 Å². The molecular formula is C27H34ClF2N7O3. The Morgan fingerprint density at radius 1 is 1.27 bits per heavy atom. The highest BCUT2D eigenvalue weighted by atomic mass is 35.5. The van der Waals surface area contributed by atoms with Crippen LogP contribution in [-0.4, -0.2) is 91.2 Å². The quantitative estimate of drug-likeness (QED) is 0.283. The van der Waals surface area contributed by atoms with Crippen LogP contribution in [0, 0.1) is 5.41 Å². The first-order valence-electron chi connectivity index (χ1n) is 13.0. The van der Waals surface area contributed by atoms with Gasteiger partial charge in [0.2, 0.25) is 5.91 Å². The Morgan fingerprint density at radius 2 is 1.98 bits per heavy atom. The lowest BCUT2D eigenvalue weighted by molar-refractivity contribution is -0.147. The molecule has 2 fully saturated rings. The highest BCUT2D eigenvalue weighted by molar-refractivity contribution is 6.31. The van der Waals surface area contributed by atoms with E-state index in [2.05, 4.69) is 32.7 Å². The third-order valence-electron chi connectivity index (χ3n) is 7.42. The molecule has 2 aromatic rings. The third kappa shape index (κ3) is 6.44. The number of nitrogens with one attached hydrogen (secondary N) is 2. The molecule has 0 aliphatic carbocycles. The van der Waals surface area contributed by atoms with E-state index < -0.39 is 12.5 Å². The normalized spacial score (nSPS) is 17.6. The molecule has 2 aliphatic heterocycles. The first-order chi connectivity index (χ1) is 19.1. The maximum Gasteiger partial charge on any atom is 0.387 e. The van der Waals surface area contributed by atoms with E-state index in [9.17, 15) is 18.4 Å². The number of hydrogen-bond acceptors (Lipinski definition) is 6. The van der Waals surface area contributed by atoms with Crippen molar-refractivity contribution in [2.75, 3.05) is 52.6 Å². The van der Waals surface area contributed by atoms with Gasteiger partial charge in [-0.15, -0.1) is 0 Å². The van der Waals surface area contributed by atoms with E-state index in [4.69, 9.17) is 16.3 Å². The monoisotopic (exact) mass is 577 g/mol. The molecule has 0 unspecified atom stereocenters. The van der Waals surface area contributed by atoms with Crippen molar-refractivity contribution in [3.05, 3.63) is 41.1 Å². The molecule has 216 valence electrons. The van der Waals surface area contributed by atoms with Crippen LogP contribution in [0.1, 0.15) is 19.8 Å². The minimum absolute atomic E-state index is 0.0842. The SMILES string of the molecule is C/C=C(/C(=O)Nc1cn(CC(=O)N2CC3(CCN(C)CC3)C2)nc1-c1cc(Cl)ccc1OC(F)F)C(=NC)NC. The average molecular weight is 578 g/mol. The van der Waals surface area contributed by atoms with Crippen molar-refractivity contribution >= 4 is 34.9 Å². The van der Waals surface area contributed by atoms with Crippen molar-refractivity contribution in [3.8, 4) is 17.0 Å². The lowest BCUT2D eigenvalue weighted by atomic mass is 9.72. The number of amides is 2. The van der Waals surface area contributed by atoms with E-state index in [0.29, 0.717) is 18.9 Å². The summed E-state index contributed by atoms with van der Waals surface area (Å²) >= 11 is 6.19. The zero-order valence-corrected chi connectivity index (χ0v) is 23.8. The van der Waals surface area contributed by atoms with Crippen LogP contribution in [0.5, 0.6) is 5.75 Å². The number of anilines is 1. The molecule has 10 nitrogen and oxygen atoms in total. The highest BCUT2D eigenvalue weighted by Crippen LogP contribution is 2.41.